The SMILES string of the molecule is Nc1nnc(-c2ccccc2O)cc1N1CCC2(CC1)CN(CC1CCNCC1)CCO2. The summed E-state index contributed by atoms with van der Waals surface area (Å²) in [4.78, 5) is 4.92. The topological polar surface area (TPSA) is 99.8 Å². The van der Waals surface area contributed by atoms with Gasteiger partial charge in [-0.05, 0) is 62.9 Å². The molecule has 4 heterocycles. The number of nitrogens with zero attached hydrogens (tertiary/aromatic N) is 4. The van der Waals surface area contributed by atoms with Crippen LogP contribution in [0.1, 0.15) is 25.7 Å². The van der Waals surface area contributed by atoms with Crippen LogP contribution in [0.3, 0.4) is 0 Å². The molecule has 1 spiro atoms. The Hall–Kier alpha value is -2.42. The van der Waals surface area contributed by atoms with Crippen molar-refractivity contribution in [2.24, 2.45) is 5.92 Å². The van der Waals surface area contributed by atoms with E-state index in [1.807, 2.05) is 18.2 Å². The monoisotopic (exact) mass is 438 g/mol. The van der Waals surface area contributed by atoms with Gasteiger partial charge in [0.1, 0.15) is 5.75 Å². The fourth-order valence-corrected chi connectivity index (χ4v) is 5.43. The molecule has 0 atom stereocenters. The van der Waals surface area contributed by atoms with E-state index in [1.165, 1.54) is 19.4 Å². The van der Waals surface area contributed by atoms with Gasteiger partial charge in [-0.3, -0.25) is 4.90 Å². The van der Waals surface area contributed by atoms with E-state index in [-0.39, 0.29) is 11.4 Å². The molecule has 4 N–H and O–H groups in total. The van der Waals surface area contributed by atoms with E-state index in [1.54, 1.807) is 12.1 Å². The molecule has 8 nitrogen and oxygen atoms in total. The Kier molecular flexibility index (Phi) is 6.17. The molecule has 3 fully saturated rings. The Bertz CT molecular complexity index is 924. The van der Waals surface area contributed by atoms with Gasteiger partial charge in [-0.25, -0.2) is 0 Å². The Morgan fingerprint density at radius 2 is 1.91 bits per heavy atom. The van der Waals surface area contributed by atoms with Crippen LogP contribution in [0.2, 0.25) is 0 Å². The lowest BCUT2D eigenvalue weighted by molar-refractivity contribution is -0.123. The van der Waals surface area contributed by atoms with E-state index in [4.69, 9.17) is 10.5 Å². The van der Waals surface area contributed by atoms with E-state index in [2.05, 4.69) is 25.3 Å². The molecule has 3 aliphatic rings. The summed E-state index contributed by atoms with van der Waals surface area (Å²) in [6.07, 6.45) is 4.52. The molecule has 0 bridgehead atoms. The Morgan fingerprint density at radius 1 is 1.12 bits per heavy atom. The number of hydrogen-bond donors (Lipinski definition) is 3. The van der Waals surface area contributed by atoms with E-state index in [0.717, 1.165) is 70.3 Å². The number of aromatic hydroxyl groups is 1. The predicted molar refractivity (Wildman–Crippen MR) is 126 cm³/mol. The summed E-state index contributed by atoms with van der Waals surface area (Å²) in [5, 5.41) is 22.1. The van der Waals surface area contributed by atoms with Gasteiger partial charge >= 0.3 is 0 Å². The smallest absolute Gasteiger partial charge is 0.169 e. The van der Waals surface area contributed by atoms with Gasteiger partial charge in [-0.2, -0.15) is 0 Å². The summed E-state index contributed by atoms with van der Waals surface area (Å²) >= 11 is 0. The number of hydrogen-bond acceptors (Lipinski definition) is 8. The summed E-state index contributed by atoms with van der Waals surface area (Å²) in [6, 6.07) is 9.13. The minimum absolute atomic E-state index is 0.0581. The van der Waals surface area contributed by atoms with Gasteiger partial charge < -0.3 is 25.8 Å². The van der Waals surface area contributed by atoms with Crippen LogP contribution < -0.4 is 16.0 Å². The van der Waals surface area contributed by atoms with Crippen molar-refractivity contribution in [3.63, 3.8) is 0 Å². The quantitative estimate of drug-likeness (QED) is 0.667. The zero-order valence-electron chi connectivity index (χ0n) is 18.7. The molecule has 1 aromatic carbocycles. The van der Waals surface area contributed by atoms with Gasteiger partial charge in [0.25, 0.3) is 0 Å². The number of piperidine rings is 2. The number of anilines is 2. The molecule has 0 radical (unpaired) electrons. The van der Waals surface area contributed by atoms with Crippen molar-refractivity contribution in [2.75, 3.05) is 63.1 Å². The first-order chi connectivity index (χ1) is 15.6. The molecule has 32 heavy (non-hydrogen) atoms. The van der Waals surface area contributed by atoms with Crippen molar-refractivity contribution in [1.82, 2.24) is 20.4 Å². The molecule has 3 aliphatic heterocycles. The van der Waals surface area contributed by atoms with Crippen LogP contribution in [0.4, 0.5) is 11.5 Å². The fraction of sp³-hybridized carbons (Fsp3) is 0.583. The van der Waals surface area contributed by atoms with Crippen LogP contribution in [-0.2, 0) is 4.74 Å². The highest BCUT2D eigenvalue weighted by molar-refractivity contribution is 5.74. The normalized spacial score (nSPS) is 22.3. The maximum Gasteiger partial charge on any atom is 0.169 e. The lowest BCUT2D eigenvalue weighted by atomic mass is 9.88. The van der Waals surface area contributed by atoms with E-state index < -0.39 is 0 Å². The van der Waals surface area contributed by atoms with Crippen molar-refractivity contribution in [2.45, 2.75) is 31.3 Å². The van der Waals surface area contributed by atoms with Crippen molar-refractivity contribution in [3.8, 4) is 17.0 Å². The number of nitrogens with two attached hydrogens (primary N) is 1. The van der Waals surface area contributed by atoms with Crippen molar-refractivity contribution >= 4 is 11.5 Å². The van der Waals surface area contributed by atoms with Gasteiger partial charge in [0.15, 0.2) is 5.82 Å². The first-order valence-corrected chi connectivity index (χ1v) is 11.9. The third-order valence-electron chi connectivity index (χ3n) is 7.30. The number of benzene rings is 1. The first-order valence-electron chi connectivity index (χ1n) is 11.9. The summed E-state index contributed by atoms with van der Waals surface area (Å²) in [7, 11) is 0. The van der Waals surface area contributed by atoms with Gasteiger partial charge in [-0.15, -0.1) is 10.2 Å². The maximum atomic E-state index is 10.2. The van der Waals surface area contributed by atoms with Gasteiger partial charge in [0, 0.05) is 38.3 Å². The van der Waals surface area contributed by atoms with Crippen molar-refractivity contribution in [1.29, 1.82) is 0 Å². The van der Waals surface area contributed by atoms with Gasteiger partial charge in [0.2, 0.25) is 0 Å². The molecule has 2 aromatic rings. The largest absolute Gasteiger partial charge is 0.507 e. The van der Waals surface area contributed by atoms with E-state index in [9.17, 15) is 5.11 Å². The number of aromatic nitrogens is 2. The highest BCUT2D eigenvalue weighted by atomic mass is 16.5. The zero-order chi connectivity index (χ0) is 22.0. The first kappa shape index (κ1) is 21.4. The van der Waals surface area contributed by atoms with Crippen LogP contribution in [0.15, 0.2) is 30.3 Å². The number of phenols is 1. The van der Waals surface area contributed by atoms with Gasteiger partial charge in [0.05, 0.1) is 23.6 Å². The van der Waals surface area contributed by atoms with E-state index in [0.29, 0.717) is 17.1 Å². The molecule has 0 unspecified atom stereocenters. The van der Waals surface area contributed by atoms with Crippen LogP contribution >= 0.6 is 0 Å². The predicted octanol–water partition coefficient (Wildman–Crippen LogP) is 2.10. The van der Waals surface area contributed by atoms with Crippen molar-refractivity contribution in [3.05, 3.63) is 30.3 Å². The van der Waals surface area contributed by atoms with Crippen LogP contribution in [-0.4, -0.2) is 78.2 Å². The maximum absolute atomic E-state index is 10.2. The summed E-state index contributed by atoms with van der Waals surface area (Å²) in [5.74, 6) is 1.43. The lowest BCUT2D eigenvalue weighted by Crippen LogP contribution is -2.57. The Labute approximate surface area is 189 Å². The average Bonchev–Trinajstić information content (AvgIpc) is 2.81. The molecule has 0 aliphatic carbocycles. The Balaban J connectivity index is 1.25. The zero-order valence-corrected chi connectivity index (χ0v) is 18.7. The highest BCUT2D eigenvalue weighted by Gasteiger charge is 2.40. The molecule has 172 valence electrons. The van der Waals surface area contributed by atoms with Crippen LogP contribution in [0, 0.1) is 5.92 Å². The molecular formula is C24H34N6O2. The van der Waals surface area contributed by atoms with Crippen LogP contribution in [0.25, 0.3) is 11.3 Å². The second-order valence-corrected chi connectivity index (χ2v) is 9.46. The Morgan fingerprint density at radius 3 is 2.69 bits per heavy atom. The molecule has 3 saturated heterocycles. The number of nitrogens with one attached hydrogen (secondary N) is 1. The number of morpholine rings is 1. The highest BCUT2D eigenvalue weighted by Crippen LogP contribution is 2.36. The number of phenolic OH excluding ortho intramolecular Hbond substituents is 1. The minimum atomic E-state index is -0.0581. The van der Waals surface area contributed by atoms with Crippen molar-refractivity contribution < 1.29 is 9.84 Å². The molecule has 0 amide bonds. The second-order valence-electron chi connectivity index (χ2n) is 9.46. The summed E-state index contributed by atoms with van der Waals surface area (Å²) in [6.45, 7) is 8.13. The summed E-state index contributed by atoms with van der Waals surface area (Å²) in [5.41, 5.74) is 8.34. The molecular weight excluding hydrogens is 404 g/mol. The number of rotatable bonds is 4. The fourth-order valence-electron chi connectivity index (χ4n) is 5.43. The summed E-state index contributed by atoms with van der Waals surface area (Å²) < 4.78 is 6.38. The minimum Gasteiger partial charge on any atom is -0.507 e. The number of para-hydroxylation sites is 1. The molecule has 5 rings (SSSR count). The second kappa shape index (κ2) is 9.21. The van der Waals surface area contributed by atoms with Crippen LogP contribution in [0.5, 0.6) is 5.75 Å². The third kappa shape index (κ3) is 4.53. The van der Waals surface area contributed by atoms with Gasteiger partial charge in [-0.1, -0.05) is 12.1 Å². The lowest BCUT2D eigenvalue weighted by Gasteiger charge is -2.48. The van der Waals surface area contributed by atoms with E-state index >= 15 is 0 Å². The average molecular weight is 439 g/mol. The standard InChI is InChI=1S/C24H34N6O2/c25-23-21(15-20(27-28-23)19-3-1-2-4-22(19)31)30-11-7-24(8-12-30)17-29(13-14-32-24)16-18-5-9-26-10-6-18/h1-4,15,18,26,31H,5-14,16-17H2,(H2,25,28). The number of ether oxygens (including phenoxy) is 1. The number of nitrogen functional groups attached to an aromatic ring is 1. The molecule has 0 saturated carbocycles. The third-order valence-corrected chi connectivity index (χ3v) is 7.30. The molecule has 8 heteroatoms. The molecule has 1 aromatic heterocycles.